The summed E-state index contributed by atoms with van der Waals surface area (Å²) >= 11 is 1.95. The van der Waals surface area contributed by atoms with E-state index in [1.807, 2.05) is 23.9 Å². The molecule has 17 heavy (non-hydrogen) atoms. The van der Waals surface area contributed by atoms with Crippen LogP contribution in [0, 0.1) is 0 Å². The van der Waals surface area contributed by atoms with Gasteiger partial charge in [0, 0.05) is 12.5 Å². The lowest BCUT2D eigenvalue weighted by Gasteiger charge is -2.12. The second-order valence-electron chi connectivity index (χ2n) is 4.55. The van der Waals surface area contributed by atoms with Gasteiger partial charge in [-0.05, 0) is 50.5 Å². The van der Waals surface area contributed by atoms with Crippen LogP contribution in [0.15, 0.2) is 22.8 Å². The fraction of sp³-hybridized carbons (Fsp3) is 0.714. The number of nitrogens with one attached hydrogen (secondary N) is 1. The van der Waals surface area contributed by atoms with Crippen LogP contribution in [0.2, 0.25) is 0 Å². The van der Waals surface area contributed by atoms with Crippen LogP contribution in [0.3, 0.4) is 0 Å². The SMILES string of the molecule is CSCCCCCCNC(C)Cc1ccco1. The third-order valence-corrected chi connectivity index (χ3v) is 3.55. The third-order valence-electron chi connectivity index (χ3n) is 2.86. The Morgan fingerprint density at radius 1 is 1.29 bits per heavy atom. The largest absolute Gasteiger partial charge is 0.469 e. The normalized spacial score (nSPS) is 12.8. The Labute approximate surface area is 110 Å². The Balaban J connectivity index is 1.92. The first-order valence-electron chi connectivity index (χ1n) is 6.57. The summed E-state index contributed by atoms with van der Waals surface area (Å²) in [6.45, 7) is 3.34. The van der Waals surface area contributed by atoms with Gasteiger partial charge in [0.15, 0.2) is 0 Å². The van der Waals surface area contributed by atoms with Gasteiger partial charge in [-0.1, -0.05) is 12.8 Å². The summed E-state index contributed by atoms with van der Waals surface area (Å²) in [5, 5.41) is 3.55. The molecule has 1 heterocycles. The van der Waals surface area contributed by atoms with Gasteiger partial charge in [-0.15, -0.1) is 0 Å². The van der Waals surface area contributed by atoms with Crippen molar-refractivity contribution in [2.24, 2.45) is 0 Å². The van der Waals surface area contributed by atoms with Crippen LogP contribution in [0.1, 0.15) is 38.4 Å². The van der Waals surface area contributed by atoms with Crippen LogP contribution in [-0.4, -0.2) is 24.6 Å². The highest BCUT2D eigenvalue weighted by molar-refractivity contribution is 7.98. The molecule has 0 amide bonds. The average molecular weight is 255 g/mol. The van der Waals surface area contributed by atoms with Gasteiger partial charge in [0.1, 0.15) is 5.76 Å². The van der Waals surface area contributed by atoms with E-state index in [4.69, 9.17) is 4.42 Å². The summed E-state index contributed by atoms with van der Waals surface area (Å²) in [7, 11) is 0. The minimum absolute atomic E-state index is 0.507. The van der Waals surface area contributed by atoms with Crippen molar-refractivity contribution in [1.82, 2.24) is 5.32 Å². The van der Waals surface area contributed by atoms with E-state index in [9.17, 15) is 0 Å². The second-order valence-corrected chi connectivity index (χ2v) is 5.53. The van der Waals surface area contributed by atoms with Gasteiger partial charge in [-0.2, -0.15) is 11.8 Å². The molecule has 1 unspecified atom stereocenters. The van der Waals surface area contributed by atoms with Gasteiger partial charge in [0.25, 0.3) is 0 Å². The minimum atomic E-state index is 0.507. The van der Waals surface area contributed by atoms with Crippen LogP contribution in [0.25, 0.3) is 0 Å². The maximum Gasteiger partial charge on any atom is 0.105 e. The maximum absolute atomic E-state index is 5.33. The van der Waals surface area contributed by atoms with E-state index in [1.165, 1.54) is 31.4 Å². The lowest BCUT2D eigenvalue weighted by Crippen LogP contribution is -2.28. The predicted octanol–water partition coefficient (Wildman–Crippen LogP) is 3.72. The molecule has 0 bridgehead atoms. The number of furan rings is 1. The highest BCUT2D eigenvalue weighted by atomic mass is 32.2. The number of thioether (sulfide) groups is 1. The summed E-state index contributed by atoms with van der Waals surface area (Å²) in [5.41, 5.74) is 0. The van der Waals surface area contributed by atoms with Gasteiger partial charge in [-0.25, -0.2) is 0 Å². The molecular formula is C14H25NOS. The Kier molecular flexibility index (Phi) is 8.28. The zero-order valence-electron chi connectivity index (χ0n) is 11.1. The summed E-state index contributed by atoms with van der Waals surface area (Å²) in [5.74, 6) is 2.38. The first kappa shape index (κ1) is 14.7. The molecule has 1 rings (SSSR count). The highest BCUT2D eigenvalue weighted by Gasteiger charge is 2.04. The van der Waals surface area contributed by atoms with Crippen LogP contribution in [-0.2, 0) is 6.42 Å². The number of rotatable bonds is 10. The average Bonchev–Trinajstić information content (AvgIpc) is 2.80. The molecule has 2 nitrogen and oxygen atoms in total. The smallest absolute Gasteiger partial charge is 0.105 e. The molecule has 0 fully saturated rings. The Morgan fingerprint density at radius 3 is 2.82 bits per heavy atom. The lowest BCUT2D eigenvalue weighted by molar-refractivity contribution is 0.451. The minimum Gasteiger partial charge on any atom is -0.469 e. The van der Waals surface area contributed by atoms with Crippen LogP contribution in [0.5, 0.6) is 0 Å². The van der Waals surface area contributed by atoms with Crippen molar-refractivity contribution in [2.45, 2.75) is 45.1 Å². The van der Waals surface area contributed by atoms with E-state index in [0.717, 1.165) is 18.7 Å². The summed E-state index contributed by atoms with van der Waals surface area (Å²) < 4.78 is 5.33. The molecule has 3 heteroatoms. The molecule has 0 spiro atoms. The quantitative estimate of drug-likeness (QED) is 0.645. The van der Waals surface area contributed by atoms with Crippen molar-refractivity contribution >= 4 is 11.8 Å². The molecule has 1 atom stereocenters. The van der Waals surface area contributed by atoms with Crippen molar-refractivity contribution in [3.8, 4) is 0 Å². The topological polar surface area (TPSA) is 25.2 Å². The van der Waals surface area contributed by atoms with Gasteiger partial charge in [0.05, 0.1) is 6.26 Å². The molecule has 0 aliphatic rings. The molecule has 0 saturated heterocycles. The molecule has 0 aliphatic carbocycles. The predicted molar refractivity (Wildman–Crippen MR) is 76.7 cm³/mol. The van der Waals surface area contributed by atoms with E-state index >= 15 is 0 Å². The summed E-state index contributed by atoms with van der Waals surface area (Å²) in [6.07, 6.45) is 10.3. The Hall–Kier alpha value is -0.410. The zero-order chi connectivity index (χ0) is 12.3. The molecule has 0 aliphatic heterocycles. The fourth-order valence-electron chi connectivity index (χ4n) is 1.88. The first-order chi connectivity index (χ1) is 8.33. The molecule has 1 aromatic heterocycles. The first-order valence-corrected chi connectivity index (χ1v) is 7.97. The summed E-state index contributed by atoms with van der Waals surface area (Å²) in [6, 6.07) is 4.50. The van der Waals surface area contributed by atoms with E-state index in [1.54, 1.807) is 6.26 Å². The van der Waals surface area contributed by atoms with Gasteiger partial charge < -0.3 is 9.73 Å². The molecule has 0 saturated carbocycles. The lowest BCUT2D eigenvalue weighted by atomic mass is 10.1. The number of hydrogen-bond acceptors (Lipinski definition) is 3. The molecular weight excluding hydrogens is 230 g/mol. The Bertz CT molecular complexity index is 261. The molecule has 1 N–H and O–H groups in total. The number of hydrogen-bond donors (Lipinski definition) is 1. The van der Waals surface area contributed by atoms with E-state index < -0.39 is 0 Å². The van der Waals surface area contributed by atoms with E-state index in [0.29, 0.717) is 6.04 Å². The highest BCUT2D eigenvalue weighted by Crippen LogP contribution is 2.06. The van der Waals surface area contributed by atoms with Gasteiger partial charge in [-0.3, -0.25) is 0 Å². The van der Waals surface area contributed by atoms with Crippen molar-refractivity contribution < 1.29 is 4.42 Å². The van der Waals surface area contributed by atoms with Crippen molar-refractivity contribution in [1.29, 1.82) is 0 Å². The monoisotopic (exact) mass is 255 g/mol. The molecule has 0 radical (unpaired) electrons. The third kappa shape index (κ3) is 7.50. The van der Waals surface area contributed by atoms with Crippen LogP contribution < -0.4 is 5.32 Å². The second kappa shape index (κ2) is 9.60. The maximum atomic E-state index is 5.33. The fourth-order valence-corrected chi connectivity index (χ4v) is 2.37. The van der Waals surface area contributed by atoms with Crippen LogP contribution in [0.4, 0.5) is 0 Å². The molecule has 98 valence electrons. The number of unbranched alkanes of at least 4 members (excludes halogenated alkanes) is 3. The zero-order valence-corrected chi connectivity index (χ0v) is 11.9. The van der Waals surface area contributed by atoms with E-state index in [2.05, 4.69) is 18.5 Å². The molecule has 1 aromatic rings. The summed E-state index contributed by atoms with van der Waals surface area (Å²) in [4.78, 5) is 0. The van der Waals surface area contributed by atoms with Crippen molar-refractivity contribution in [2.75, 3.05) is 18.6 Å². The van der Waals surface area contributed by atoms with Gasteiger partial charge in [0.2, 0.25) is 0 Å². The van der Waals surface area contributed by atoms with E-state index in [-0.39, 0.29) is 0 Å². The van der Waals surface area contributed by atoms with Crippen LogP contribution >= 0.6 is 11.8 Å². The molecule has 0 aromatic carbocycles. The van der Waals surface area contributed by atoms with Gasteiger partial charge >= 0.3 is 0 Å². The Morgan fingerprint density at radius 2 is 2.12 bits per heavy atom. The van der Waals surface area contributed by atoms with Crippen molar-refractivity contribution in [3.63, 3.8) is 0 Å². The standard InChI is InChI=1S/C14H25NOS/c1-13(12-14-8-7-10-16-14)15-9-5-3-4-6-11-17-2/h7-8,10,13,15H,3-6,9,11-12H2,1-2H3. The van der Waals surface area contributed by atoms with Crippen molar-refractivity contribution in [3.05, 3.63) is 24.2 Å².